The number of esters is 1. The van der Waals surface area contributed by atoms with Crippen LogP contribution in [0.1, 0.15) is 25.7 Å². The lowest BCUT2D eigenvalue weighted by Gasteiger charge is -2.15. The molecule has 0 amide bonds. The normalized spacial score (nSPS) is 18.9. The highest BCUT2D eigenvalue weighted by atomic mass is 16.5. The number of ether oxygens (including phenoxy) is 1. The van der Waals surface area contributed by atoms with Gasteiger partial charge in [-0.1, -0.05) is 0 Å². The third-order valence-corrected chi connectivity index (χ3v) is 3.11. The molecule has 2 rings (SSSR count). The van der Waals surface area contributed by atoms with Crippen LogP contribution in [0.5, 0.6) is 0 Å². The zero-order valence-corrected chi connectivity index (χ0v) is 10.6. The average molecular weight is 278 g/mol. The van der Waals surface area contributed by atoms with Gasteiger partial charge in [-0.05, 0) is 31.1 Å². The molecule has 0 unspecified atom stereocenters. The lowest BCUT2D eigenvalue weighted by atomic mass is 10.0. The van der Waals surface area contributed by atoms with Gasteiger partial charge in [-0.3, -0.25) is 0 Å². The van der Waals surface area contributed by atoms with Gasteiger partial charge in [0.05, 0.1) is 0 Å². The Labute approximate surface area is 115 Å². The van der Waals surface area contributed by atoms with Crippen molar-refractivity contribution in [3.63, 3.8) is 0 Å². The Morgan fingerprint density at radius 1 is 1.00 bits per heavy atom. The molecule has 0 radical (unpaired) electrons. The second kappa shape index (κ2) is 5.64. The number of carbonyl (C=O) groups is 2. The van der Waals surface area contributed by atoms with E-state index in [1.54, 1.807) is 0 Å². The predicted molar refractivity (Wildman–Crippen MR) is 68.7 cm³/mol. The lowest BCUT2D eigenvalue weighted by molar-refractivity contribution is -0.135. The molecule has 0 aromatic heterocycles. The van der Waals surface area contributed by atoms with Gasteiger partial charge in [0.1, 0.15) is 11.5 Å². The van der Waals surface area contributed by atoms with Crippen LogP contribution < -0.4 is 0 Å². The fourth-order valence-electron chi connectivity index (χ4n) is 1.93. The molecule has 0 saturated heterocycles. The van der Waals surface area contributed by atoms with E-state index in [1.165, 1.54) is 18.2 Å². The second-order valence-electron chi connectivity index (χ2n) is 4.52. The van der Waals surface area contributed by atoms with Crippen molar-refractivity contribution in [2.45, 2.75) is 25.7 Å². The van der Waals surface area contributed by atoms with Crippen molar-refractivity contribution in [3.8, 4) is 0 Å². The summed E-state index contributed by atoms with van der Waals surface area (Å²) in [7, 11) is 0. The van der Waals surface area contributed by atoms with Gasteiger partial charge < -0.3 is 20.1 Å². The molecular weight excluding hydrogens is 264 g/mol. The van der Waals surface area contributed by atoms with Crippen LogP contribution in [-0.4, -0.2) is 27.3 Å². The maximum atomic E-state index is 11.9. The monoisotopic (exact) mass is 278 g/mol. The summed E-state index contributed by atoms with van der Waals surface area (Å²) in [6, 6.07) is 0. The SMILES string of the molecule is O=C(O)C1=CC=C(OC(=O)C2=CC(O)=C(O)CC2)CC1. The quantitative estimate of drug-likeness (QED) is 0.684. The van der Waals surface area contributed by atoms with Crippen LogP contribution >= 0.6 is 0 Å². The molecule has 0 aromatic rings. The fraction of sp³-hybridized carbons (Fsp3) is 0.286. The molecular formula is C14H14O6. The van der Waals surface area contributed by atoms with E-state index in [2.05, 4.69) is 0 Å². The van der Waals surface area contributed by atoms with Gasteiger partial charge in [-0.25, -0.2) is 9.59 Å². The molecule has 0 heterocycles. The number of carboxylic acids is 1. The van der Waals surface area contributed by atoms with Crippen molar-refractivity contribution in [2.24, 2.45) is 0 Å². The molecule has 0 fully saturated rings. The van der Waals surface area contributed by atoms with Crippen LogP contribution in [0.4, 0.5) is 0 Å². The minimum atomic E-state index is -0.979. The summed E-state index contributed by atoms with van der Waals surface area (Å²) in [5.74, 6) is -1.66. The highest BCUT2D eigenvalue weighted by molar-refractivity contribution is 5.90. The number of allylic oxidation sites excluding steroid dienone is 5. The van der Waals surface area contributed by atoms with Crippen molar-refractivity contribution in [2.75, 3.05) is 0 Å². The standard InChI is InChI=1S/C14H14O6/c15-11-6-3-9(7-12(11)16)14(19)20-10-4-1-8(2-5-10)13(17)18/h1,4,7,15-16H,2-3,5-6H2,(H,17,18). The maximum Gasteiger partial charge on any atom is 0.339 e. The van der Waals surface area contributed by atoms with Gasteiger partial charge in [-0.2, -0.15) is 0 Å². The van der Waals surface area contributed by atoms with Gasteiger partial charge in [0.2, 0.25) is 0 Å². The molecule has 0 bridgehead atoms. The number of aliphatic hydroxyl groups excluding tert-OH is 2. The van der Waals surface area contributed by atoms with Crippen LogP contribution in [0.25, 0.3) is 0 Å². The number of carbonyl (C=O) groups excluding carboxylic acids is 1. The minimum absolute atomic E-state index is 0.146. The topological polar surface area (TPSA) is 104 Å². The van der Waals surface area contributed by atoms with Crippen molar-refractivity contribution in [1.82, 2.24) is 0 Å². The Bertz CT molecular complexity index is 576. The molecule has 106 valence electrons. The zero-order chi connectivity index (χ0) is 14.7. The summed E-state index contributed by atoms with van der Waals surface area (Å²) in [6.45, 7) is 0. The number of hydrogen-bond donors (Lipinski definition) is 3. The first kappa shape index (κ1) is 13.9. The predicted octanol–water partition coefficient (Wildman–Crippen LogP) is 2.27. The van der Waals surface area contributed by atoms with Crippen molar-refractivity contribution in [1.29, 1.82) is 0 Å². The molecule has 2 aliphatic carbocycles. The Morgan fingerprint density at radius 3 is 2.25 bits per heavy atom. The zero-order valence-electron chi connectivity index (χ0n) is 10.6. The van der Waals surface area contributed by atoms with E-state index in [9.17, 15) is 19.8 Å². The van der Waals surface area contributed by atoms with E-state index < -0.39 is 11.9 Å². The highest BCUT2D eigenvalue weighted by Crippen LogP contribution is 2.25. The van der Waals surface area contributed by atoms with Crippen LogP contribution in [-0.2, 0) is 14.3 Å². The van der Waals surface area contributed by atoms with Gasteiger partial charge in [0.15, 0.2) is 5.76 Å². The molecule has 6 heteroatoms. The molecule has 20 heavy (non-hydrogen) atoms. The number of hydrogen-bond acceptors (Lipinski definition) is 5. The third kappa shape index (κ3) is 3.09. The first-order chi connectivity index (χ1) is 9.47. The molecule has 0 atom stereocenters. The van der Waals surface area contributed by atoms with Crippen LogP contribution in [0.15, 0.2) is 46.7 Å². The lowest BCUT2D eigenvalue weighted by Crippen LogP contribution is -2.13. The molecule has 6 nitrogen and oxygen atoms in total. The summed E-state index contributed by atoms with van der Waals surface area (Å²) in [6.07, 6.45) is 5.17. The number of rotatable bonds is 3. The van der Waals surface area contributed by atoms with Gasteiger partial charge in [-0.15, -0.1) is 0 Å². The van der Waals surface area contributed by atoms with E-state index >= 15 is 0 Å². The van der Waals surface area contributed by atoms with Crippen molar-refractivity contribution in [3.05, 3.63) is 46.7 Å². The number of aliphatic carboxylic acids is 1. The largest absolute Gasteiger partial charge is 0.508 e. The minimum Gasteiger partial charge on any atom is -0.508 e. The summed E-state index contributed by atoms with van der Waals surface area (Å²) >= 11 is 0. The van der Waals surface area contributed by atoms with E-state index in [-0.39, 0.29) is 35.5 Å². The molecule has 0 aliphatic heterocycles. The average Bonchev–Trinajstić information content (AvgIpc) is 2.42. The summed E-state index contributed by atoms with van der Waals surface area (Å²) in [5.41, 5.74) is 0.543. The molecule has 3 N–H and O–H groups in total. The van der Waals surface area contributed by atoms with E-state index in [1.807, 2.05) is 0 Å². The van der Waals surface area contributed by atoms with Crippen LogP contribution in [0.2, 0.25) is 0 Å². The second-order valence-corrected chi connectivity index (χ2v) is 4.52. The third-order valence-electron chi connectivity index (χ3n) is 3.11. The fourth-order valence-corrected chi connectivity index (χ4v) is 1.93. The van der Waals surface area contributed by atoms with Gasteiger partial charge >= 0.3 is 11.9 Å². The molecule has 0 aromatic carbocycles. The van der Waals surface area contributed by atoms with Crippen LogP contribution in [0, 0.1) is 0 Å². The van der Waals surface area contributed by atoms with Crippen molar-refractivity contribution >= 4 is 11.9 Å². The van der Waals surface area contributed by atoms with E-state index in [4.69, 9.17) is 9.84 Å². The molecule has 0 spiro atoms. The van der Waals surface area contributed by atoms with E-state index in [0.717, 1.165) is 0 Å². The smallest absolute Gasteiger partial charge is 0.339 e. The number of carboxylic acid groups (broad SMARTS) is 1. The van der Waals surface area contributed by atoms with Gasteiger partial charge in [0.25, 0.3) is 0 Å². The highest BCUT2D eigenvalue weighted by Gasteiger charge is 2.21. The Kier molecular flexibility index (Phi) is 3.93. The van der Waals surface area contributed by atoms with Gasteiger partial charge in [0, 0.05) is 24.0 Å². The first-order valence-electron chi connectivity index (χ1n) is 6.14. The Hall–Kier alpha value is -2.50. The van der Waals surface area contributed by atoms with Crippen LogP contribution in [0.3, 0.4) is 0 Å². The van der Waals surface area contributed by atoms with E-state index in [0.29, 0.717) is 18.6 Å². The summed E-state index contributed by atoms with van der Waals surface area (Å²) in [4.78, 5) is 22.6. The van der Waals surface area contributed by atoms with Crippen molar-refractivity contribution < 1.29 is 29.6 Å². The Morgan fingerprint density at radius 2 is 1.70 bits per heavy atom. The maximum absolute atomic E-state index is 11.9. The first-order valence-corrected chi connectivity index (χ1v) is 6.14. The molecule has 2 aliphatic rings. The molecule has 0 saturated carbocycles. The summed E-state index contributed by atoms with van der Waals surface area (Å²) < 4.78 is 5.14. The number of aliphatic hydroxyl groups is 2. The summed E-state index contributed by atoms with van der Waals surface area (Å²) in [5, 5.41) is 27.4. The Balaban J connectivity index is 2.04.